The Balaban J connectivity index is 2.76. The van der Waals surface area contributed by atoms with Gasteiger partial charge in [0.25, 0.3) is 0 Å². The van der Waals surface area contributed by atoms with Gasteiger partial charge in [-0.1, -0.05) is 188 Å². The molecular formula is C61H96O12. The largest absolute Gasteiger partial charge is 0.479 e. The Bertz CT molecular complexity index is 1690. The van der Waals surface area contributed by atoms with Gasteiger partial charge in [-0.05, 0) is 103 Å². The van der Waals surface area contributed by atoms with E-state index in [2.05, 4.69) is 118 Å². The van der Waals surface area contributed by atoms with Crippen LogP contribution in [-0.4, -0.2) is 89.2 Å². The Morgan fingerprint density at radius 3 is 1.37 bits per heavy atom. The fourth-order valence-electron chi connectivity index (χ4n) is 7.61. The zero-order valence-corrected chi connectivity index (χ0v) is 45.1. The molecule has 12 nitrogen and oxygen atoms in total. The number of unbranched alkanes of at least 4 members (excludes halogenated alkanes) is 13. The van der Waals surface area contributed by atoms with Gasteiger partial charge in [0.15, 0.2) is 24.6 Å². The van der Waals surface area contributed by atoms with Crippen LogP contribution in [0.2, 0.25) is 0 Å². The molecular weight excluding hydrogens is 925 g/mol. The first-order valence-electron chi connectivity index (χ1n) is 27.9. The second-order valence-corrected chi connectivity index (χ2v) is 18.4. The molecule has 412 valence electrons. The fourth-order valence-corrected chi connectivity index (χ4v) is 7.61. The molecule has 0 aromatic heterocycles. The van der Waals surface area contributed by atoms with Gasteiger partial charge >= 0.3 is 23.9 Å². The first-order valence-corrected chi connectivity index (χ1v) is 27.9. The molecule has 0 saturated carbocycles. The van der Waals surface area contributed by atoms with Crippen molar-refractivity contribution >= 4 is 23.9 Å². The van der Waals surface area contributed by atoms with Crippen molar-refractivity contribution < 1.29 is 58.2 Å². The van der Waals surface area contributed by atoms with Crippen LogP contribution in [0.25, 0.3) is 0 Å². The lowest BCUT2D eigenvalue weighted by atomic mass is 9.98. The molecule has 1 saturated heterocycles. The molecule has 6 atom stereocenters. The van der Waals surface area contributed by atoms with Crippen LogP contribution in [0.1, 0.15) is 201 Å². The molecule has 1 fully saturated rings. The molecule has 0 bridgehead atoms. The third-order valence-corrected chi connectivity index (χ3v) is 11.8. The molecule has 0 amide bonds. The van der Waals surface area contributed by atoms with Crippen LogP contribution in [-0.2, 0) is 42.9 Å². The van der Waals surface area contributed by atoms with Crippen LogP contribution < -0.4 is 0 Å². The molecule has 6 unspecified atom stereocenters. The SMILES string of the molecule is CC/C=C\C/C=C\C/C=C\C/C=C\CCC(=O)OC(COC(=O)CCCCCCCCC/C=C\C/C=C\C/C=C\CC)COC1OC(C(=O)O)C(O)C(O)C1OC(=O)CCCCCCC/C=C\C/C=C\CCC. The van der Waals surface area contributed by atoms with Gasteiger partial charge in [-0.3, -0.25) is 14.4 Å². The van der Waals surface area contributed by atoms with E-state index in [4.69, 9.17) is 23.7 Å². The van der Waals surface area contributed by atoms with Gasteiger partial charge in [-0.15, -0.1) is 0 Å². The lowest BCUT2D eigenvalue weighted by Gasteiger charge is -2.40. The minimum Gasteiger partial charge on any atom is -0.479 e. The molecule has 0 aromatic carbocycles. The lowest BCUT2D eigenvalue weighted by Crippen LogP contribution is -2.61. The average Bonchev–Trinajstić information content (AvgIpc) is 3.37. The zero-order valence-electron chi connectivity index (χ0n) is 45.1. The first kappa shape index (κ1) is 66.4. The number of carboxylic acids is 1. The van der Waals surface area contributed by atoms with Crippen molar-refractivity contribution in [3.05, 3.63) is 109 Å². The maximum absolute atomic E-state index is 13.1. The highest BCUT2D eigenvalue weighted by molar-refractivity contribution is 5.74. The monoisotopic (exact) mass is 1020 g/mol. The van der Waals surface area contributed by atoms with E-state index >= 15 is 0 Å². The third-order valence-electron chi connectivity index (χ3n) is 11.8. The molecule has 0 aromatic rings. The van der Waals surface area contributed by atoms with Gasteiger partial charge in [0.05, 0.1) is 6.61 Å². The van der Waals surface area contributed by atoms with E-state index in [0.29, 0.717) is 25.7 Å². The summed E-state index contributed by atoms with van der Waals surface area (Å²) in [5.74, 6) is -3.28. The summed E-state index contributed by atoms with van der Waals surface area (Å²) in [4.78, 5) is 51.0. The van der Waals surface area contributed by atoms with Crippen LogP contribution in [0.15, 0.2) is 109 Å². The van der Waals surface area contributed by atoms with Gasteiger partial charge in [0.1, 0.15) is 18.8 Å². The van der Waals surface area contributed by atoms with Crippen molar-refractivity contribution in [1.29, 1.82) is 0 Å². The Kier molecular flexibility index (Phi) is 44.0. The molecule has 12 heteroatoms. The standard InChI is InChI=1S/C61H96O12/c1-4-7-10-13-16-19-22-25-26-27-28-31-32-35-38-41-44-47-53(62)69-50-52(71-54(63)48-45-42-39-36-33-29-23-20-17-14-11-8-5-2)51-70-61-59(57(66)56(65)58(73-61)60(67)68)72-55(64)49-46-43-40-37-34-30-24-21-18-15-12-9-6-3/h7-8,10-12,15-17,19-21,24-26,29,33,39,42,52,56-59,61,65-66H,4-6,9,13-14,18,22-23,27-28,30-32,34-38,40-41,43-51H2,1-3H3,(H,67,68)/b10-7-,11-8-,15-12-,19-16-,20-17-,24-21-,26-25-,33-29-,42-39-. The van der Waals surface area contributed by atoms with E-state index in [-0.39, 0.29) is 25.9 Å². The first-order chi connectivity index (χ1) is 35.6. The normalized spacial score (nSPS) is 19.2. The summed E-state index contributed by atoms with van der Waals surface area (Å²) in [6.45, 7) is 5.60. The van der Waals surface area contributed by atoms with Crippen molar-refractivity contribution in [1.82, 2.24) is 0 Å². The molecule has 0 aliphatic carbocycles. The number of carbonyl (C=O) groups is 4. The van der Waals surface area contributed by atoms with Crippen molar-refractivity contribution in [2.75, 3.05) is 13.2 Å². The highest BCUT2D eigenvalue weighted by Crippen LogP contribution is 2.26. The number of carboxylic acid groups (broad SMARTS) is 1. The third kappa shape index (κ3) is 38.6. The highest BCUT2D eigenvalue weighted by atomic mass is 16.7. The number of ether oxygens (including phenoxy) is 5. The summed E-state index contributed by atoms with van der Waals surface area (Å²) >= 11 is 0. The van der Waals surface area contributed by atoms with E-state index in [1.807, 2.05) is 12.2 Å². The smallest absolute Gasteiger partial charge is 0.335 e. The van der Waals surface area contributed by atoms with Crippen LogP contribution in [0, 0.1) is 0 Å². The maximum atomic E-state index is 13.1. The van der Waals surface area contributed by atoms with Crippen molar-refractivity contribution in [3.8, 4) is 0 Å². The zero-order chi connectivity index (χ0) is 53.3. The minimum atomic E-state index is -1.92. The number of esters is 3. The quantitative estimate of drug-likeness (QED) is 0.0228. The minimum absolute atomic E-state index is 0.0299. The maximum Gasteiger partial charge on any atom is 0.335 e. The Morgan fingerprint density at radius 2 is 0.890 bits per heavy atom. The molecule has 3 N–H and O–H groups in total. The van der Waals surface area contributed by atoms with Crippen LogP contribution in [0.4, 0.5) is 0 Å². The number of hydrogen-bond donors (Lipinski definition) is 3. The number of rotatable bonds is 45. The number of aliphatic carboxylic acids is 1. The topological polar surface area (TPSA) is 175 Å². The van der Waals surface area contributed by atoms with E-state index < -0.39 is 67.3 Å². The molecule has 73 heavy (non-hydrogen) atoms. The Labute approximate surface area is 440 Å². The van der Waals surface area contributed by atoms with Gasteiger partial charge in [-0.25, -0.2) is 4.79 Å². The predicted molar refractivity (Wildman–Crippen MR) is 294 cm³/mol. The van der Waals surface area contributed by atoms with Crippen molar-refractivity contribution in [3.63, 3.8) is 0 Å². The van der Waals surface area contributed by atoms with Crippen LogP contribution in [0.5, 0.6) is 0 Å². The van der Waals surface area contributed by atoms with Gasteiger partial charge < -0.3 is 39.0 Å². The summed E-state index contributed by atoms with van der Waals surface area (Å²) < 4.78 is 28.2. The second-order valence-electron chi connectivity index (χ2n) is 18.4. The van der Waals surface area contributed by atoms with Crippen LogP contribution in [0.3, 0.4) is 0 Å². The molecule has 1 aliphatic heterocycles. The van der Waals surface area contributed by atoms with E-state index in [0.717, 1.165) is 135 Å². The number of aliphatic hydroxyl groups is 2. The van der Waals surface area contributed by atoms with Crippen molar-refractivity contribution in [2.24, 2.45) is 0 Å². The molecule has 0 radical (unpaired) electrons. The van der Waals surface area contributed by atoms with E-state index in [9.17, 15) is 34.5 Å². The highest BCUT2D eigenvalue weighted by Gasteiger charge is 2.50. The Morgan fingerprint density at radius 1 is 0.466 bits per heavy atom. The summed E-state index contributed by atoms with van der Waals surface area (Å²) in [7, 11) is 0. The average molecular weight is 1020 g/mol. The van der Waals surface area contributed by atoms with E-state index in [1.54, 1.807) is 0 Å². The number of carbonyl (C=O) groups excluding carboxylic acids is 3. The van der Waals surface area contributed by atoms with Gasteiger partial charge in [-0.2, -0.15) is 0 Å². The molecule has 0 spiro atoms. The lowest BCUT2D eigenvalue weighted by molar-refractivity contribution is -0.301. The van der Waals surface area contributed by atoms with Gasteiger partial charge in [0.2, 0.25) is 0 Å². The van der Waals surface area contributed by atoms with E-state index in [1.165, 1.54) is 0 Å². The number of aliphatic hydroxyl groups excluding tert-OH is 2. The molecule has 1 heterocycles. The summed E-state index contributed by atoms with van der Waals surface area (Å²) in [6.07, 6.45) is 52.3. The molecule has 1 aliphatic rings. The van der Waals surface area contributed by atoms with Crippen molar-refractivity contribution in [2.45, 2.75) is 237 Å². The Hall–Kier alpha value is -4.62. The van der Waals surface area contributed by atoms with Crippen LogP contribution >= 0.6 is 0 Å². The van der Waals surface area contributed by atoms with Gasteiger partial charge in [0, 0.05) is 19.3 Å². The second kappa shape index (κ2) is 48.3. The molecule has 1 rings (SSSR count). The predicted octanol–water partition coefficient (Wildman–Crippen LogP) is 13.9. The summed E-state index contributed by atoms with van der Waals surface area (Å²) in [6, 6.07) is 0. The number of hydrogen-bond acceptors (Lipinski definition) is 11. The summed E-state index contributed by atoms with van der Waals surface area (Å²) in [5.41, 5.74) is 0. The summed E-state index contributed by atoms with van der Waals surface area (Å²) in [5, 5.41) is 31.4. The number of allylic oxidation sites excluding steroid dienone is 18. The fraction of sp³-hybridized carbons (Fsp3) is 0.639.